The second-order valence-corrected chi connectivity index (χ2v) is 12.7. The second kappa shape index (κ2) is 14.8. The smallest absolute Gasteiger partial charge is 0.251 e. The van der Waals surface area contributed by atoms with Crippen LogP contribution in [0.25, 0.3) is 12.2 Å². The minimum Gasteiger partial charge on any atom is -0.492 e. The molecule has 1 saturated carbocycles. The van der Waals surface area contributed by atoms with Crippen LogP contribution in [-0.4, -0.2) is 48.9 Å². The molecule has 0 atom stereocenters. The number of benzene rings is 3. The van der Waals surface area contributed by atoms with Gasteiger partial charge in [0.15, 0.2) is 5.78 Å². The summed E-state index contributed by atoms with van der Waals surface area (Å²) in [7, 11) is 0. The highest BCUT2D eigenvalue weighted by atomic mass is 35.5. The zero-order valence-corrected chi connectivity index (χ0v) is 26.6. The van der Waals surface area contributed by atoms with Crippen molar-refractivity contribution in [3.05, 3.63) is 109 Å². The van der Waals surface area contributed by atoms with E-state index in [0.29, 0.717) is 67.4 Å². The largest absolute Gasteiger partial charge is 0.492 e. The predicted molar refractivity (Wildman–Crippen MR) is 177 cm³/mol. The van der Waals surface area contributed by atoms with Crippen LogP contribution in [-0.2, 0) is 4.79 Å². The van der Waals surface area contributed by atoms with E-state index in [4.69, 9.17) is 51.1 Å². The van der Waals surface area contributed by atoms with Crippen molar-refractivity contribution in [3.63, 3.8) is 0 Å². The monoisotopic (exact) mass is 656 g/mol. The van der Waals surface area contributed by atoms with Gasteiger partial charge in [-0.3, -0.25) is 14.5 Å². The average molecular weight is 658 g/mol. The van der Waals surface area contributed by atoms with Crippen molar-refractivity contribution in [1.82, 2.24) is 10.2 Å². The molecule has 1 N–H and O–H groups in total. The number of carbonyl (C=O) groups excluding carboxylic acids is 2. The quantitative estimate of drug-likeness (QED) is 0.246. The highest BCUT2D eigenvalue weighted by Crippen LogP contribution is 2.31. The SMILES string of the molecule is O=C1/C(=C/c2cc(Cl)cc(Cl)c2)CC(NC(=O)c2ccc(OCCN3CCCCC3)cc2)C/C1=C\c1cc(Cl)cc(Cl)c1. The Balaban J connectivity index is 1.31. The van der Waals surface area contributed by atoms with Crippen molar-refractivity contribution >= 4 is 70.2 Å². The van der Waals surface area contributed by atoms with E-state index in [1.54, 1.807) is 60.7 Å². The van der Waals surface area contributed by atoms with E-state index in [0.717, 1.165) is 25.4 Å². The maximum absolute atomic E-state index is 13.6. The summed E-state index contributed by atoms with van der Waals surface area (Å²) < 4.78 is 5.92. The molecular weight excluding hydrogens is 626 g/mol. The van der Waals surface area contributed by atoms with Crippen molar-refractivity contribution in [1.29, 1.82) is 0 Å². The third-order valence-electron chi connectivity index (χ3n) is 7.54. The maximum atomic E-state index is 13.6. The van der Waals surface area contributed by atoms with Gasteiger partial charge in [0.2, 0.25) is 0 Å². The van der Waals surface area contributed by atoms with Crippen LogP contribution >= 0.6 is 46.4 Å². The highest BCUT2D eigenvalue weighted by molar-refractivity contribution is 6.35. The summed E-state index contributed by atoms with van der Waals surface area (Å²) in [4.78, 5) is 29.3. The molecule has 2 fully saturated rings. The number of likely N-dealkylation sites (tertiary alicyclic amines) is 1. The first-order valence-corrected chi connectivity index (χ1v) is 15.9. The number of hydrogen-bond donors (Lipinski definition) is 1. The van der Waals surface area contributed by atoms with Crippen molar-refractivity contribution < 1.29 is 14.3 Å². The molecule has 3 aromatic rings. The van der Waals surface area contributed by atoms with Gasteiger partial charge >= 0.3 is 0 Å². The van der Waals surface area contributed by atoms with Crippen LogP contribution in [0.4, 0.5) is 0 Å². The summed E-state index contributed by atoms with van der Waals surface area (Å²) in [6.45, 7) is 3.77. The fourth-order valence-electron chi connectivity index (χ4n) is 5.51. The normalized spacial score (nSPS) is 19.5. The predicted octanol–water partition coefficient (Wildman–Crippen LogP) is 8.79. The first-order chi connectivity index (χ1) is 20.7. The third-order valence-corrected chi connectivity index (χ3v) is 8.42. The average Bonchev–Trinajstić information content (AvgIpc) is 2.95. The fourth-order valence-corrected chi connectivity index (χ4v) is 6.60. The molecule has 3 aromatic carbocycles. The number of nitrogens with one attached hydrogen (secondary N) is 1. The number of ketones is 1. The topological polar surface area (TPSA) is 58.6 Å². The van der Waals surface area contributed by atoms with Gasteiger partial charge in [-0.25, -0.2) is 0 Å². The van der Waals surface area contributed by atoms with Crippen LogP contribution in [0.1, 0.15) is 53.6 Å². The van der Waals surface area contributed by atoms with Crippen LogP contribution < -0.4 is 10.1 Å². The molecule has 1 amide bonds. The molecule has 9 heteroatoms. The molecule has 1 heterocycles. The summed E-state index contributed by atoms with van der Waals surface area (Å²) in [6.07, 6.45) is 8.04. The first-order valence-electron chi connectivity index (χ1n) is 14.4. The number of amides is 1. The third kappa shape index (κ3) is 9.10. The lowest BCUT2D eigenvalue weighted by Crippen LogP contribution is -2.39. The molecule has 43 heavy (non-hydrogen) atoms. The molecule has 1 aliphatic heterocycles. The second-order valence-electron chi connectivity index (χ2n) is 10.9. The summed E-state index contributed by atoms with van der Waals surface area (Å²) >= 11 is 24.8. The van der Waals surface area contributed by atoms with Crippen molar-refractivity contribution in [2.75, 3.05) is 26.2 Å². The van der Waals surface area contributed by atoms with Crippen LogP contribution in [0.3, 0.4) is 0 Å². The molecule has 1 aliphatic carbocycles. The molecule has 1 saturated heterocycles. The number of ether oxygens (including phenoxy) is 1. The molecule has 0 aromatic heterocycles. The first kappa shape index (κ1) is 31.6. The van der Waals surface area contributed by atoms with Gasteiger partial charge in [0, 0.05) is 49.4 Å². The number of carbonyl (C=O) groups is 2. The van der Waals surface area contributed by atoms with Crippen molar-refractivity contribution in [3.8, 4) is 5.75 Å². The Kier molecular flexibility index (Phi) is 10.9. The lowest BCUT2D eigenvalue weighted by molar-refractivity contribution is -0.113. The maximum Gasteiger partial charge on any atom is 0.251 e. The van der Waals surface area contributed by atoms with Gasteiger partial charge in [0.1, 0.15) is 12.4 Å². The Bertz CT molecular complexity index is 1430. The number of piperidine rings is 1. The van der Waals surface area contributed by atoms with Crippen LogP contribution in [0.5, 0.6) is 5.75 Å². The number of rotatable bonds is 8. The Labute approximate surface area is 272 Å². The molecule has 224 valence electrons. The Morgan fingerprint density at radius 2 is 1.30 bits per heavy atom. The number of Topliss-reactive ketones (excluding diaryl/α,β-unsaturated/α-hetero) is 1. The van der Waals surface area contributed by atoms with Crippen LogP contribution in [0.15, 0.2) is 71.8 Å². The van der Waals surface area contributed by atoms with E-state index in [2.05, 4.69) is 10.2 Å². The van der Waals surface area contributed by atoms with Crippen molar-refractivity contribution in [2.24, 2.45) is 0 Å². The van der Waals surface area contributed by atoms with E-state index in [-0.39, 0.29) is 17.7 Å². The van der Waals surface area contributed by atoms with Crippen LogP contribution in [0.2, 0.25) is 20.1 Å². The molecule has 0 radical (unpaired) electrons. The number of nitrogens with zero attached hydrogens (tertiary/aromatic N) is 1. The minimum atomic E-state index is -0.326. The van der Waals surface area contributed by atoms with E-state index in [9.17, 15) is 9.59 Å². The van der Waals surface area contributed by atoms with Gasteiger partial charge in [-0.05, 0) is 123 Å². The van der Waals surface area contributed by atoms with E-state index < -0.39 is 0 Å². The Morgan fingerprint density at radius 1 is 0.791 bits per heavy atom. The zero-order valence-electron chi connectivity index (χ0n) is 23.6. The molecule has 2 aliphatic rings. The minimum absolute atomic E-state index is 0.122. The van der Waals surface area contributed by atoms with Gasteiger partial charge in [-0.1, -0.05) is 52.8 Å². The zero-order chi connectivity index (χ0) is 30.3. The lowest BCUT2D eigenvalue weighted by atomic mass is 9.83. The summed E-state index contributed by atoms with van der Waals surface area (Å²) in [6, 6.07) is 17.1. The molecule has 0 bridgehead atoms. The molecule has 5 nitrogen and oxygen atoms in total. The van der Waals surface area contributed by atoms with E-state index >= 15 is 0 Å². The molecular formula is C34H32Cl4N2O3. The number of halogens is 4. The Hall–Kier alpha value is -2.80. The van der Waals surface area contributed by atoms with E-state index in [1.807, 2.05) is 12.1 Å². The Morgan fingerprint density at radius 3 is 1.81 bits per heavy atom. The highest BCUT2D eigenvalue weighted by Gasteiger charge is 2.29. The standard InChI is InChI=1S/C34H32Cl4N2O3/c35-27-14-22(15-28(36)20-27)12-25-18-31(19-26(33(25)41)13-23-16-29(37)21-30(38)17-23)39-34(42)24-4-6-32(7-5-24)43-11-10-40-8-2-1-3-9-40/h4-7,12-17,20-21,31H,1-3,8-11,18-19H2,(H,39,42)/b25-12+,26-13+. The summed E-state index contributed by atoms with van der Waals surface area (Å²) in [5.41, 5.74) is 2.99. The lowest BCUT2D eigenvalue weighted by Gasteiger charge is -2.27. The number of hydrogen-bond acceptors (Lipinski definition) is 4. The van der Waals surface area contributed by atoms with Gasteiger partial charge in [0.25, 0.3) is 5.91 Å². The van der Waals surface area contributed by atoms with Gasteiger partial charge < -0.3 is 10.1 Å². The molecule has 5 rings (SSSR count). The fraction of sp³-hybridized carbons (Fsp3) is 0.294. The summed E-state index contributed by atoms with van der Waals surface area (Å²) in [5, 5.41) is 4.99. The van der Waals surface area contributed by atoms with Crippen LogP contribution in [0, 0.1) is 0 Å². The van der Waals surface area contributed by atoms with E-state index in [1.165, 1.54) is 19.3 Å². The van der Waals surface area contributed by atoms with Gasteiger partial charge in [-0.15, -0.1) is 0 Å². The molecule has 0 spiro atoms. The summed E-state index contributed by atoms with van der Waals surface area (Å²) in [5.74, 6) is 0.380. The molecule has 0 unspecified atom stereocenters. The van der Waals surface area contributed by atoms with Crippen molar-refractivity contribution in [2.45, 2.75) is 38.1 Å². The van der Waals surface area contributed by atoms with Gasteiger partial charge in [0.05, 0.1) is 0 Å². The van der Waals surface area contributed by atoms with Gasteiger partial charge in [-0.2, -0.15) is 0 Å².